The van der Waals surface area contributed by atoms with E-state index in [0.717, 1.165) is 13.0 Å². The van der Waals surface area contributed by atoms with E-state index in [9.17, 15) is 4.79 Å². The molecule has 0 radical (unpaired) electrons. The zero-order chi connectivity index (χ0) is 12.3. The fraction of sp³-hybridized carbons (Fsp3) is 0.500. The van der Waals surface area contributed by atoms with Crippen molar-refractivity contribution in [2.24, 2.45) is 0 Å². The van der Waals surface area contributed by atoms with E-state index in [0.29, 0.717) is 6.42 Å². The number of fused-ring (bicyclic) bond motifs is 1. The Balaban J connectivity index is 1.92. The molecule has 1 aliphatic rings. The third-order valence-corrected chi connectivity index (χ3v) is 3.05. The summed E-state index contributed by atoms with van der Waals surface area (Å²) in [6, 6.07) is 8.92. The largest absolute Gasteiger partial charge is 0.354 e. The number of amides is 1. The molecule has 2 N–H and O–H groups in total. The molecule has 92 valence electrons. The molecule has 1 aliphatic heterocycles. The topological polar surface area (TPSA) is 41.1 Å². The predicted octanol–water partition coefficient (Wildman–Crippen LogP) is 1.62. The smallest absolute Gasteiger partial charge is 0.221 e. The SMILES string of the molecule is CC(C)NC(=O)CC1Cc2ccccc2CN1. The first kappa shape index (κ1) is 12.1. The van der Waals surface area contributed by atoms with Crippen molar-refractivity contribution < 1.29 is 4.79 Å². The molecule has 0 fully saturated rings. The summed E-state index contributed by atoms with van der Waals surface area (Å²) >= 11 is 0. The van der Waals surface area contributed by atoms with Crippen molar-refractivity contribution in [1.29, 1.82) is 0 Å². The summed E-state index contributed by atoms with van der Waals surface area (Å²) < 4.78 is 0. The highest BCUT2D eigenvalue weighted by molar-refractivity contribution is 5.76. The number of benzene rings is 1. The van der Waals surface area contributed by atoms with Crippen LogP contribution < -0.4 is 10.6 Å². The highest BCUT2D eigenvalue weighted by Crippen LogP contribution is 2.17. The fourth-order valence-corrected chi connectivity index (χ4v) is 2.27. The highest BCUT2D eigenvalue weighted by Gasteiger charge is 2.20. The van der Waals surface area contributed by atoms with Crippen LogP contribution >= 0.6 is 0 Å². The molecule has 3 nitrogen and oxygen atoms in total. The number of carbonyl (C=O) groups excluding carboxylic acids is 1. The Morgan fingerprint density at radius 2 is 2.12 bits per heavy atom. The van der Waals surface area contributed by atoms with Crippen LogP contribution in [0.15, 0.2) is 24.3 Å². The van der Waals surface area contributed by atoms with E-state index in [-0.39, 0.29) is 18.0 Å². The molecular weight excluding hydrogens is 212 g/mol. The van der Waals surface area contributed by atoms with Gasteiger partial charge in [0.2, 0.25) is 5.91 Å². The Labute approximate surface area is 103 Å². The molecule has 0 saturated carbocycles. The first-order valence-electron chi connectivity index (χ1n) is 6.24. The zero-order valence-corrected chi connectivity index (χ0v) is 10.5. The van der Waals surface area contributed by atoms with Gasteiger partial charge in [-0.3, -0.25) is 4.79 Å². The summed E-state index contributed by atoms with van der Waals surface area (Å²) in [7, 11) is 0. The van der Waals surface area contributed by atoms with E-state index in [4.69, 9.17) is 0 Å². The lowest BCUT2D eigenvalue weighted by atomic mass is 9.94. The minimum Gasteiger partial charge on any atom is -0.354 e. The second-order valence-electron chi connectivity index (χ2n) is 4.98. The van der Waals surface area contributed by atoms with Gasteiger partial charge in [0, 0.05) is 25.0 Å². The molecule has 1 amide bonds. The molecule has 0 bridgehead atoms. The molecule has 2 rings (SSSR count). The number of rotatable bonds is 3. The normalized spacial score (nSPS) is 18.9. The number of carbonyl (C=O) groups is 1. The molecular formula is C14H20N2O. The lowest BCUT2D eigenvalue weighted by Crippen LogP contribution is -2.41. The predicted molar refractivity (Wildman–Crippen MR) is 68.7 cm³/mol. The molecule has 0 aliphatic carbocycles. The zero-order valence-electron chi connectivity index (χ0n) is 10.5. The van der Waals surface area contributed by atoms with Crippen molar-refractivity contribution in [2.75, 3.05) is 0 Å². The average Bonchev–Trinajstić information content (AvgIpc) is 2.27. The third kappa shape index (κ3) is 3.30. The summed E-state index contributed by atoms with van der Waals surface area (Å²) in [5.41, 5.74) is 2.72. The van der Waals surface area contributed by atoms with Gasteiger partial charge in [-0.25, -0.2) is 0 Å². The van der Waals surface area contributed by atoms with E-state index < -0.39 is 0 Å². The van der Waals surface area contributed by atoms with E-state index in [1.54, 1.807) is 0 Å². The van der Waals surface area contributed by atoms with Crippen LogP contribution in [0.3, 0.4) is 0 Å². The van der Waals surface area contributed by atoms with Crippen LogP contribution in [0.1, 0.15) is 31.4 Å². The minimum absolute atomic E-state index is 0.136. The van der Waals surface area contributed by atoms with Crippen molar-refractivity contribution in [3.8, 4) is 0 Å². The first-order chi connectivity index (χ1) is 8.15. The van der Waals surface area contributed by atoms with Crippen LogP contribution in [0.2, 0.25) is 0 Å². The van der Waals surface area contributed by atoms with Gasteiger partial charge in [0.1, 0.15) is 0 Å². The molecule has 0 aromatic heterocycles. The second kappa shape index (κ2) is 5.32. The van der Waals surface area contributed by atoms with Crippen LogP contribution in [0.5, 0.6) is 0 Å². The molecule has 17 heavy (non-hydrogen) atoms. The molecule has 1 unspecified atom stereocenters. The van der Waals surface area contributed by atoms with Crippen LogP contribution in [0.4, 0.5) is 0 Å². The Morgan fingerprint density at radius 1 is 1.41 bits per heavy atom. The maximum atomic E-state index is 11.7. The lowest BCUT2D eigenvalue weighted by Gasteiger charge is -2.26. The van der Waals surface area contributed by atoms with Gasteiger partial charge in [0.25, 0.3) is 0 Å². The molecule has 1 aromatic carbocycles. The summed E-state index contributed by atoms with van der Waals surface area (Å²) in [5, 5.41) is 6.35. The molecule has 1 aromatic rings. The average molecular weight is 232 g/mol. The van der Waals surface area contributed by atoms with Gasteiger partial charge in [-0.1, -0.05) is 24.3 Å². The Kier molecular flexibility index (Phi) is 3.79. The van der Waals surface area contributed by atoms with Crippen molar-refractivity contribution in [2.45, 2.75) is 45.3 Å². The monoisotopic (exact) mass is 232 g/mol. The molecule has 0 spiro atoms. The van der Waals surface area contributed by atoms with Crippen LogP contribution in [-0.4, -0.2) is 18.0 Å². The van der Waals surface area contributed by atoms with Gasteiger partial charge in [0.15, 0.2) is 0 Å². The maximum Gasteiger partial charge on any atom is 0.221 e. The van der Waals surface area contributed by atoms with Crippen LogP contribution in [0.25, 0.3) is 0 Å². The second-order valence-corrected chi connectivity index (χ2v) is 4.98. The molecule has 3 heteroatoms. The Bertz CT molecular complexity index is 401. The Morgan fingerprint density at radius 3 is 2.82 bits per heavy atom. The summed E-state index contributed by atoms with van der Waals surface area (Å²) in [5.74, 6) is 0.136. The Hall–Kier alpha value is -1.35. The van der Waals surface area contributed by atoms with Gasteiger partial charge in [-0.15, -0.1) is 0 Å². The van der Waals surface area contributed by atoms with E-state index >= 15 is 0 Å². The molecule has 1 atom stereocenters. The highest BCUT2D eigenvalue weighted by atomic mass is 16.1. The van der Waals surface area contributed by atoms with Gasteiger partial charge in [-0.2, -0.15) is 0 Å². The van der Waals surface area contributed by atoms with Crippen molar-refractivity contribution in [3.63, 3.8) is 0 Å². The van der Waals surface area contributed by atoms with E-state index in [2.05, 4.69) is 34.9 Å². The van der Waals surface area contributed by atoms with Crippen molar-refractivity contribution in [3.05, 3.63) is 35.4 Å². The summed E-state index contributed by atoms with van der Waals surface area (Å²) in [6.07, 6.45) is 1.51. The van der Waals surface area contributed by atoms with E-state index in [1.165, 1.54) is 11.1 Å². The minimum atomic E-state index is 0.136. The van der Waals surface area contributed by atoms with Gasteiger partial charge in [-0.05, 0) is 31.4 Å². The summed E-state index contributed by atoms with van der Waals surface area (Å²) in [4.78, 5) is 11.7. The maximum absolute atomic E-state index is 11.7. The van der Waals surface area contributed by atoms with Gasteiger partial charge < -0.3 is 10.6 Å². The quantitative estimate of drug-likeness (QED) is 0.831. The standard InChI is InChI=1S/C14H20N2O/c1-10(2)16-14(17)8-13-7-11-5-3-4-6-12(11)9-15-13/h3-6,10,13,15H,7-9H2,1-2H3,(H,16,17). The molecule has 0 saturated heterocycles. The third-order valence-electron chi connectivity index (χ3n) is 3.05. The van der Waals surface area contributed by atoms with Crippen LogP contribution in [-0.2, 0) is 17.8 Å². The van der Waals surface area contributed by atoms with Crippen LogP contribution in [0, 0.1) is 0 Å². The van der Waals surface area contributed by atoms with Gasteiger partial charge in [0.05, 0.1) is 0 Å². The molecule has 1 heterocycles. The van der Waals surface area contributed by atoms with Crippen molar-refractivity contribution in [1.82, 2.24) is 10.6 Å². The lowest BCUT2D eigenvalue weighted by molar-refractivity contribution is -0.122. The number of nitrogens with one attached hydrogen (secondary N) is 2. The fourth-order valence-electron chi connectivity index (χ4n) is 2.27. The van der Waals surface area contributed by atoms with Crippen molar-refractivity contribution >= 4 is 5.91 Å². The number of hydrogen-bond acceptors (Lipinski definition) is 2. The van der Waals surface area contributed by atoms with Gasteiger partial charge >= 0.3 is 0 Å². The number of hydrogen-bond donors (Lipinski definition) is 2. The van der Waals surface area contributed by atoms with E-state index in [1.807, 2.05) is 13.8 Å². The summed E-state index contributed by atoms with van der Waals surface area (Å²) in [6.45, 7) is 4.85. The first-order valence-corrected chi connectivity index (χ1v) is 6.24.